The lowest BCUT2D eigenvalue weighted by Crippen LogP contribution is -2.16. The predicted octanol–water partition coefficient (Wildman–Crippen LogP) is 2.48. The van der Waals surface area contributed by atoms with Gasteiger partial charge in [-0.2, -0.15) is 0 Å². The van der Waals surface area contributed by atoms with Crippen LogP contribution in [0.25, 0.3) is 0 Å². The minimum Gasteiger partial charge on any atom is -0.478 e. The molecule has 2 N–H and O–H groups in total. The monoisotopic (exact) mass is 323 g/mol. The summed E-state index contributed by atoms with van der Waals surface area (Å²) in [5.41, 5.74) is 0.0192. The summed E-state index contributed by atoms with van der Waals surface area (Å²) in [6, 6.07) is 5.52. The Balaban J connectivity index is 2.02. The second-order valence-electron chi connectivity index (χ2n) is 4.65. The van der Waals surface area contributed by atoms with Crippen LogP contribution in [0.15, 0.2) is 37.9 Å². The van der Waals surface area contributed by atoms with Crippen molar-refractivity contribution in [2.75, 3.05) is 6.26 Å². The molecule has 8 heteroatoms. The molecule has 21 heavy (non-hydrogen) atoms. The van der Waals surface area contributed by atoms with E-state index in [2.05, 4.69) is 10.2 Å². The van der Waals surface area contributed by atoms with Gasteiger partial charge in [0.1, 0.15) is 0 Å². The summed E-state index contributed by atoms with van der Waals surface area (Å²) in [5.74, 6) is -0.974. The number of hydrogen-bond donors (Lipinski definition) is 2. The normalized spacial score (nSPS) is 14.3. The number of nitrogens with one attached hydrogen (secondary N) is 1. The van der Waals surface area contributed by atoms with Crippen molar-refractivity contribution in [3.05, 3.63) is 34.2 Å². The first-order valence-corrected chi connectivity index (χ1v) is 8.41. The van der Waals surface area contributed by atoms with Gasteiger partial charge in [0, 0.05) is 15.8 Å². The van der Waals surface area contributed by atoms with Crippen LogP contribution in [0.5, 0.6) is 0 Å². The molecule has 1 saturated carbocycles. The van der Waals surface area contributed by atoms with Gasteiger partial charge < -0.3 is 5.11 Å². The van der Waals surface area contributed by atoms with Crippen LogP contribution in [0.2, 0.25) is 0 Å². The summed E-state index contributed by atoms with van der Waals surface area (Å²) in [6.07, 6.45) is 3.76. The van der Waals surface area contributed by atoms with Gasteiger partial charge in [-0.3, -0.25) is 4.57 Å². The number of nitrogens with zero attached hydrogens (tertiary/aromatic N) is 2. The van der Waals surface area contributed by atoms with Crippen molar-refractivity contribution in [3.63, 3.8) is 0 Å². The highest BCUT2D eigenvalue weighted by atomic mass is 32.2. The van der Waals surface area contributed by atoms with E-state index in [4.69, 9.17) is 0 Å². The Kier molecular flexibility index (Phi) is 3.81. The van der Waals surface area contributed by atoms with E-state index < -0.39 is 5.97 Å². The molecule has 0 saturated heterocycles. The highest BCUT2D eigenvalue weighted by Gasteiger charge is 2.29. The second-order valence-corrected chi connectivity index (χ2v) is 6.51. The van der Waals surface area contributed by atoms with Gasteiger partial charge in [0.25, 0.3) is 0 Å². The summed E-state index contributed by atoms with van der Waals surface area (Å²) in [4.78, 5) is 24.6. The molecule has 6 nitrogen and oxygen atoms in total. The summed E-state index contributed by atoms with van der Waals surface area (Å²) >= 11 is 2.60. The molecule has 0 bridgehead atoms. The molecule has 0 aliphatic heterocycles. The fourth-order valence-electron chi connectivity index (χ4n) is 2.09. The van der Waals surface area contributed by atoms with Gasteiger partial charge in [0.2, 0.25) is 0 Å². The lowest BCUT2D eigenvalue weighted by Gasteiger charge is -2.09. The third kappa shape index (κ3) is 2.73. The zero-order chi connectivity index (χ0) is 15.0. The van der Waals surface area contributed by atoms with Gasteiger partial charge in [-0.25, -0.2) is 14.7 Å². The molecule has 1 fully saturated rings. The Morgan fingerprint density at radius 1 is 1.43 bits per heavy atom. The van der Waals surface area contributed by atoms with Gasteiger partial charge in [-0.1, -0.05) is 6.07 Å². The maximum absolute atomic E-state index is 11.8. The maximum atomic E-state index is 11.8. The van der Waals surface area contributed by atoms with Crippen LogP contribution in [0.3, 0.4) is 0 Å². The molecular formula is C13H13N3O3S2. The van der Waals surface area contributed by atoms with Crippen molar-refractivity contribution < 1.29 is 9.90 Å². The lowest BCUT2D eigenvalue weighted by molar-refractivity contribution is 0.0689. The first kappa shape index (κ1) is 14.3. The smallest absolute Gasteiger partial charge is 0.344 e. The third-order valence-electron chi connectivity index (χ3n) is 3.21. The molecule has 1 aromatic heterocycles. The Labute approximate surface area is 128 Å². The molecule has 0 radical (unpaired) electrons. The van der Waals surface area contributed by atoms with Crippen LogP contribution in [0.1, 0.15) is 29.2 Å². The summed E-state index contributed by atoms with van der Waals surface area (Å²) < 4.78 is 1.61. The number of carboxylic acids is 1. The average molecular weight is 323 g/mol. The van der Waals surface area contributed by atoms with Gasteiger partial charge in [0.15, 0.2) is 5.16 Å². The number of aromatic nitrogens is 3. The van der Waals surface area contributed by atoms with Crippen LogP contribution in [-0.2, 0) is 0 Å². The van der Waals surface area contributed by atoms with E-state index in [1.165, 1.54) is 23.5 Å². The fraction of sp³-hybridized carbons (Fsp3) is 0.308. The molecule has 0 unspecified atom stereocenters. The van der Waals surface area contributed by atoms with E-state index in [0.717, 1.165) is 12.8 Å². The molecular weight excluding hydrogens is 310 g/mol. The van der Waals surface area contributed by atoms with Gasteiger partial charge in [-0.05, 0) is 43.0 Å². The number of thioether (sulfide) groups is 1. The quantitative estimate of drug-likeness (QED) is 0.822. The Hall–Kier alpha value is -1.67. The molecule has 0 atom stereocenters. The van der Waals surface area contributed by atoms with E-state index >= 15 is 0 Å². The molecule has 2 aromatic rings. The van der Waals surface area contributed by atoms with Crippen LogP contribution in [-0.4, -0.2) is 32.1 Å². The number of aromatic amines is 1. The highest BCUT2D eigenvalue weighted by Crippen LogP contribution is 2.39. The zero-order valence-electron chi connectivity index (χ0n) is 11.2. The Bertz CT molecular complexity index is 749. The third-order valence-corrected chi connectivity index (χ3v) is 5.02. The number of carbonyl (C=O) groups is 1. The van der Waals surface area contributed by atoms with Crippen LogP contribution < -0.4 is 5.69 Å². The van der Waals surface area contributed by atoms with Crippen molar-refractivity contribution in [3.8, 4) is 0 Å². The standard InChI is InChI=1S/C13H13N3O3S2/c1-20-8-3-2-4-9(10(8)11(17)18)21-13-15-14-12(19)16(13)7-5-6-7/h2-4,7H,5-6H2,1H3,(H,14,19)(H,17,18). The van der Waals surface area contributed by atoms with E-state index in [1.807, 2.05) is 12.3 Å². The lowest BCUT2D eigenvalue weighted by atomic mass is 10.2. The number of carboxylic acid groups (broad SMARTS) is 1. The number of hydrogen-bond acceptors (Lipinski definition) is 5. The van der Waals surface area contributed by atoms with Gasteiger partial charge in [0.05, 0.1) is 5.56 Å². The summed E-state index contributed by atoms with van der Waals surface area (Å²) in [7, 11) is 0. The van der Waals surface area contributed by atoms with E-state index in [1.54, 1.807) is 16.7 Å². The molecule has 1 aliphatic carbocycles. The van der Waals surface area contributed by atoms with Crippen LogP contribution in [0.4, 0.5) is 0 Å². The second kappa shape index (κ2) is 5.61. The topological polar surface area (TPSA) is 88.0 Å². The molecule has 1 aliphatic rings. The molecule has 3 rings (SSSR count). The van der Waals surface area contributed by atoms with Gasteiger partial charge >= 0.3 is 11.7 Å². The van der Waals surface area contributed by atoms with Crippen LogP contribution >= 0.6 is 23.5 Å². The van der Waals surface area contributed by atoms with Crippen molar-refractivity contribution in [1.29, 1.82) is 0 Å². The maximum Gasteiger partial charge on any atom is 0.344 e. The largest absolute Gasteiger partial charge is 0.478 e. The molecule has 0 spiro atoms. The Morgan fingerprint density at radius 3 is 2.76 bits per heavy atom. The van der Waals surface area contributed by atoms with Crippen LogP contribution in [0, 0.1) is 0 Å². The Morgan fingerprint density at radius 2 is 2.14 bits per heavy atom. The predicted molar refractivity (Wildman–Crippen MR) is 80.4 cm³/mol. The molecule has 1 aromatic carbocycles. The molecule has 1 heterocycles. The average Bonchev–Trinajstić information content (AvgIpc) is 3.23. The first-order chi connectivity index (χ1) is 10.1. The SMILES string of the molecule is CSc1cccc(Sc2n[nH]c(=O)n2C2CC2)c1C(=O)O. The molecule has 0 amide bonds. The number of H-pyrrole nitrogens is 1. The van der Waals surface area contributed by atoms with Crippen molar-refractivity contribution in [2.24, 2.45) is 0 Å². The number of aromatic carboxylic acids is 1. The van der Waals surface area contributed by atoms with Crippen molar-refractivity contribution >= 4 is 29.5 Å². The van der Waals surface area contributed by atoms with Gasteiger partial charge in [-0.15, -0.1) is 16.9 Å². The van der Waals surface area contributed by atoms with E-state index in [0.29, 0.717) is 14.9 Å². The number of rotatable bonds is 5. The zero-order valence-corrected chi connectivity index (χ0v) is 12.8. The van der Waals surface area contributed by atoms with Crippen molar-refractivity contribution in [1.82, 2.24) is 14.8 Å². The summed E-state index contributed by atoms with van der Waals surface area (Å²) in [5, 5.41) is 16.4. The fourth-order valence-corrected chi connectivity index (χ4v) is 3.84. The first-order valence-electron chi connectivity index (χ1n) is 6.37. The number of benzene rings is 1. The molecule has 110 valence electrons. The van der Waals surface area contributed by atoms with E-state index in [9.17, 15) is 14.7 Å². The minimum absolute atomic E-state index is 0.191. The minimum atomic E-state index is -0.974. The van der Waals surface area contributed by atoms with Crippen molar-refractivity contribution in [2.45, 2.75) is 33.8 Å². The summed E-state index contributed by atoms with van der Waals surface area (Å²) in [6.45, 7) is 0. The van der Waals surface area contributed by atoms with E-state index in [-0.39, 0.29) is 17.3 Å². The highest BCUT2D eigenvalue weighted by molar-refractivity contribution is 7.99.